The highest BCUT2D eigenvalue weighted by molar-refractivity contribution is 5.66. The lowest BCUT2D eigenvalue weighted by Gasteiger charge is -1.98. The summed E-state index contributed by atoms with van der Waals surface area (Å²) < 4.78 is 12.6. The molecule has 0 atom stereocenters. The van der Waals surface area contributed by atoms with Gasteiger partial charge < -0.3 is 5.11 Å². The van der Waals surface area contributed by atoms with Gasteiger partial charge in [0.2, 0.25) is 0 Å². The lowest BCUT2D eigenvalue weighted by molar-refractivity contribution is -0.137. The van der Waals surface area contributed by atoms with Gasteiger partial charge in [-0.1, -0.05) is 6.07 Å². The van der Waals surface area contributed by atoms with Crippen molar-refractivity contribution in [3.8, 4) is 0 Å². The molecule has 0 heterocycles. The van der Waals surface area contributed by atoms with Gasteiger partial charge in [0.15, 0.2) is 0 Å². The summed E-state index contributed by atoms with van der Waals surface area (Å²) in [5.41, 5.74) is 0.793. The normalized spacial score (nSPS) is 9.92. The highest BCUT2D eigenvalue weighted by Crippen LogP contribution is 2.06. The first-order valence-corrected chi connectivity index (χ1v) is 4.06. The quantitative estimate of drug-likeness (QED) is 0.771. The second-order valence-electron chi connectivity index (χ2n) is 2.81. The van der Waals surface area contributed by atoms with Crippen molar-refractivity contribution in [3.63, 3.8) is 0 Å². The maximum atomic E-state index is 12.6. The maximum absolute atomic E-state index is 12.6. The van der Waals surface area contributed by atoms with Crippen LogP contribution in [0.25, 0.3) is 0 Å². The molecule has 0 aromatic heterocycles. The Morgan fingerprint density at radius 3 is 2.92 bits per heavy atom. The number of carboxylic acid groups (broad SMARTS) is 1. The molecule has 0 saturated carbocycles. The van der Waals surface area contributed by atoms with Gasteiger partial charge in [0, 0.05) is 6.42 Å². The average molecular weight is 181 g/mol. The van der Waals surface area contributed by atoms with Gasteiger partial charge in [-0.15, -0.1) is 0 Å². The molecule has 1 rings (SSSR count). The lowest BCUT2D eigenvalue weighted by Crippen LogP contribution is -1.96. The van der Waals surface area contributed by atoms with Crippen molar-refractivity contribution in [1.82, 2.24) is 0 Å². The van der Waals surface area contributed by atoms with Crippen molar-refractivity contribution in [2.75, 3.05) is 0 Å². The van der Waals surface area contributed by atoms with Crippen LogP contribution in [0.1, 0.15) is 18.4 Å². The molecule has 1 N–H and O–H groups in total. The van der Waals surface area contributed by atoms with Gasteiger partial charge in [-0.05, 0) is 36.6 Å². The van der Waals surface area contributed by atoms with Crippen LogP contribution in [0, 0.1) is 11.9 Å². The van der Waals surface area contributed by atoms with E-state index in [4.69, 9.17) is 5.11 Å². The summed E-state index contributed by atoms with van der Waals surface area (Å²) in [6.45, 7) is 0. The smallest absolute Gasteiger partial charge is 0.303 e. The molecule has 0 spiro atoms. The van der Waals surface area contributed by atoms with E-state index in [0.29, 0.717) is 12.8 Å². The Labute approximate surface area is 76.0 Å². The lowest BCUT2D eigenvalue weighted by atomic mass is 10.1. The molecule has 0 fully saturated rings. The molecule has 3 heteroatoms. The number of hydrogen-bond donors (Lipinski definition) is 1. The third-order valence-electron chi connectivity index (χ3n) is 1.67. The summed E-state index contributed by atoms with van der Waals surface area (Å²) in [7, 11) is 0. The Bertz CT molecular complexity index is 297. The van der Waals surface area contributed by atoms with E-state index in [-0.39, 0.29) is 12.2 Å². The van der Waals surface area contributed by atoms with Gasteiger partial charge in [0.25, 0.3) is 0 Å². The minimum atomic E-state index is -0.819. The standard InChI is InChI=1S/C10H10FO2/c11-9-5-1-3-8(7-9)4-2-6-10(12)13/h3,5,7H,2,4,6H2,(H,12,13). The third-order valence-corrected chi connectivity index (χ3v) is 1.67. The van der Waals surface area contributed by atoms with Crippen molar-refractivity contribution in [1.29, 1.82) is 0 Å². The largest absolute Gasteiger partial charge is 0.481 e. The summed E-state index contributed by atoms with van der Waals surface area (Å²) in [5.74, 6) is -1.15. The molecule has 1 aromatic rings. The van der Waals surface area contributed by atoms with E-state index in [1.807, 2.05) is 0 Å². The summed E-state index contributed by atoms with van der Waals surface area (Å²) in [5, 5.41) is 8.36. The fraction of sp³-hybridized carbons (Fsp3) is 0.300. The number of aryl methyl sites for hydroxylation is 1. The zero-order valence-corrected chi connectivity index (χ0v) is 7.09. The molecular formula is C10H10FO2. The molecule has 0 saturated heterocycles. The first-order valence-electron chi connectivity index (χ1n) is 4.06. The molecule has 69 valence electrons. The highest BCUT2D eigenvalue weighted by Gasteiger charge is 1.98. The van der Waals surface area contributed by atoms with Crippen LogP contribution in [-0.2, 0) is 11.2 Å². The van der Waals surface area contributed by atoms with Crippen molar-refractivity contribution in [3.05, 3.63) is 35.6 Å². The zero-order valence-electron chi connectivity index (χ0n) is 7.09. The minimum absolute atomic E-state index is 0.122. The van der Waals surface area contributed by atoms with Gasteiger partial charge in [-0.2, -0.15) is 0 Å². The molecule has 0 unspecified atom stereocenters. The molecule has 0 aliphatic heterocycles. The van der Waals surface area contributed by atoms with E-state index in [2.05, 4.69) is 6.07 Å². The van der Waals surface area contributed by atoms with Crippen LogP contribution in [-0.4, -0.2) is 11.1 Å². The van der Waals surface area contributed by atoms with E-state index in [1.54, 1.807) is 6.07 Å². The van der Waals surface area contributed by atoms with E-state index >= 15 is 0 Å². The summed E-state index contributed by atoms with van der Waals surface area (Å²) >= 11 is 0. The van der Waals surface area contributed by atoms with E-state index in [0.717, 1.165) is 5.56 Å². The second kappa shape index (κ2) is 4.60. The Hall–Kier alpha value is -1.38. The molecule has 13 heavy (non-hydrogen) atoms. The predicted octanol–water partition coefficient (Wildman–Crippen LogP) is 2.03. The number of carboxylic acids is 1. The fourth-order valence-corrected chi connectivity index (χ4v) is 1.08. The second-order valence-corrected chi connectivity index (χ2v) is 2.81. The SMILES string of the molecule is O=C(O)CCCc1c[c]cc(F)c1. The minimum Gasteiger partial charge on any atom is -0.481 e. The van der Waals surface area contributed by atoms with E-state index < -0.39 is 5.97 Å². The zero-order chi connectivity index (χ0) is 9.68. The number of halogens is 1. The van der Waals surface area contributed by atoms with Crippen molar-refractivity contribution in [2.45, 2.75) is 19.3 Å². The Morgan fingerprint density at radius 1 is 1.54 bits per heavy atom. The maximum Gasteiger partial charge on any atom is 0.303 e. The number of aliphatic carboxylic acids is 1. The van der Waals surface area contributed by atoms with Gasteiger partial charge in [0.1, 0.15) is 5.82 Å². The number of benzene rings is 1. The molecule has 1 aromatic carbocycles. The highest BCUT2D eigenvalue weighted by atomic mass is 19.1. The van der Waals surface area contributed by atoms with Gasteiger partial charge in [0.05, 0.1) is 0 Å². The van der Waals surface area contributed by atoms with Crippen LogP contribution < -0.4 is 0 Å². The summed E-state index contributed by atoms with van der Waals surface area (Å²) in [6, 6.07) is 6.97. The fourth-order valence-electron chi connectivity index (χ4n) is 1.08. The van der Waals surface area contributed by atoms with Crippen LogP contribution >= 0.6 is 0 Å². The van der Waals surface area contributed by atoms with Gasteiger partial charge >= 0.3 is 5.97 Å². The van der Waals surface area contributed by atoms with Gasteiger partial charge in [-0.3, -0.25) is 4.79 Å². The Balaban J connectivity index is 2.41. The molecule has 0 aliphatic rings. The molecule has 0 bridgehead atoms. The predicted molar refractivity (Wildman–Crippen MR) is 45.8 cm³/mol. The van der Waals surface area contributed by atoms with Crippen LogP contribution in [0.3, 0.4) is 0 Å². The monoisotopic (exact) mass is 181 g/mol. The van der Waals surface area contributed by atoms with Crippen LogP contribution in [0.15, 0.2) is 18.2 Å². The topological polar surface area (TPSA) is 37.3 Å². The molecule has 0 aliphatic carbocycles. The Kier molecular flexibility index (Phi) is 3.43. The first kappa shape index (κ1) is 9.71. The van der Waals surface area contributed by atoms with Crippen LogP contribution in [0.5, 0.6) is 0 Å². The van der Waals surface area contributed by atoms with E-state index in [1.165, 1.54) is 12.1 Å². The molecule has 1 radical (unpaired) electrons. The molecular weight excluding hydrogens is 171 g/mol. The number of hydrogen-bond acceptors (Lipinski definition) is 1. The van der Waals surface area contributed by atoms with Crippen molar-refractivity contribution >= 4 is 5.97 Å². The van der Waals surface area contributed by atoms with Crippen LogP contribution in [0.2, 0.25) is 0 Å². The Morgan fingerprint density at radius 2 is 2.31 bits per heavy atom. The molecule has 0 amide bonds. The van der Waals surface area contributed by atoms with Crippen molar-refractivity contribution < 1.29 is 14.3 Å². The van der Waals surface area contributed by atoms with E-state index in [9.17, 15) is 9.18 Å². The number of rotatable bonds is 4. The number of carbonyl (C=O) groups is 1. The van der Waals surface area contributed by atoms with Crippen molar-refractivity contribution in [2.24, 2.45) is 0 Å². The molecule has 2 nitrogen and oxygen atoms in total. The average Bonchev–Trinajstić information content (AvgIpc) is 2.03. The summed E-state index contributed by atoms with van der Waals surface area (Å²) in [6.07, 6.45) is 1.24. The van der Waals surface area contributed by atoms with Gasteiger partial charge in [-0.25, -0.2) is 4.39 Å². The summed E-state index contributed by atoms with van der Waals surface area (Å²) in [4.78, 5) is 10.2. The first-order chi connectivity index (χ1) is 6.18. The van der Waals surface area contributed by atoms with Crippen LogP contribution in [0.4, 0.5) is 4.39 Å². The third kappa shape index (κ3) is 3.69.